The molecule has 138 valence electrons. The number of benzene rings is 1. The van der Waals surface area contributed by atoms with Crippen molar-refractivity contribution in [3.05, 3.63) is 27.7 Å². The molecule has 1 aliphatic carbocycles. The van der Waals surface area contributed by atoms with Gasteiger partial charge >= 0.3 is 5.97 Å². The average molecular weight is 409 g/mol. The van der Waals surface area contributed by atoms with Crippen molar-refractivity contribution in [2.45, 2.75) is 49.6 Å². The number of primary sulfonamides is 1. The van der Waals surface area contributed by atoms with Crippen LogP contribution in [0.25, 0.3) is 0 Å². The molecule has 3 N–H and O–H groups in total. The number of hydrogen-bond donors (Lipinski definition) is 2. The van der Waals surface area contributed by atoms with Gasteiger partial charge in [0, 0.05) is 6.04 Å². The lowest BCUT2D eigenvalue weighted by molar-refractivity contribution is -0.129. The van der Waals surface area contributed by atoms with Gasteiger partial charge < -0.3 is 10.1 Å². The summed E-state index contributed by atoms with van der Waals surface area (Å²) in [4.78, 5) is 23.9. The van der Waals surface area contributed by atoms with Crippen molar-refractivity contribution in [3.63, 3.8) is 0 Å². The van der Waals surface area contributed by atoms with E-state index >= 15 is 0 Å². The van der Waals surface area contributed by atoms with Crippen LogP contribution >= 0.6 is 23.2 Å². The molecule has 1 aromatic carbocycles. The summed E-state index contributed by atoms with van der Waals surface area (Å²) < 4.78 is 28.1. The second-order valence-corrected chi connectivity index (χ2v) is 8.19. The van der Waals surface area contributed by atoms with Gasteiger partial charge in [-0.1, -0.05) is 36.0 Å². The Hall–Kier alpha value is -1.35. The Balaban J connectivity index is 2.13. The van der Waals surface area contributed by atoms with Crippen molar-refractivity contribution in [2.24, 2.45) is 5.14 Å². The Bertz CT molecular complexity index is 791. The number of hydrogen-bond acceptors (Lipinski definition) is 5. The Labute approximate surface area is 155 Å². The molecule has 0 aromatic heterocycles. The molecule has 1 amide bonds. The fourth-order valence-corrected chi connectivity index (χ4v) is 3.97. The highest BCUT2D eigenvalue weighted by atomic mass is 35.5. The molecule has 2 rings (SSSR count). The van der Waals surface area contributed by atoms with Crippen LogP contribution < -0.4 is 10.5 Å². The van der Waals surface area contributed by atoms with Crippen molar-refractivity contribution in [1.29, 1.82) is 0 Å². The Kier molecular flexibility index (Phi) is 6.31. The number of sulfonamides is 1. The molecule has 0 saturated heterocycles. The predicted octanol–water partition coefficient (Wildman–Crippen LogP) is 2.24. The number of carbonyl (C=O) groups excluding carboxylic acids is 2. The molecule has 1 fully saturated rings. The van der Waals surface area contributed by atoms with Crippen LogP contribution in [0, 0.1) is 0 Å². The van der Waals surface area contributed by atoms with Crippen molar-refractivity contribution >= 4 is 45.1 Å². The lowest BCUT2D eigenvalue weighted by Crippen LogP contribution is -2.40. The lowest BCUT2D eigenvalue weighted by Gasteiger charge is -2.17. The number of nitrogens with one attached hydrogen (secondary N) is 1. The van der Waals surface area contributed by atoms with E-state index in [9.17, 15) is 18.0 Å². The fourth-order valence-electron chi connectivity index (χ4n) is 2.57. The number of amides is 1. The maximum absolute atomic E-state index is 12.2. The molecule has 7 nitrogen and oxygen atoms in total. The summed E-state index contributed by atoms with van der Waals surface area (Å²) in [5.74, 6) is -1.36. The summed E-state index contributed by atoms with van der Waals surface area (Å²) in [5.41, 5.74) is -0.240. The molecule has 0 aliphatic heterocycles. The van der Waals surface area contributed by atoms with Gasteiger partial charge in [0.25, 0.3) is 5.91 Å². The first-order valence-electron chi connectivity index (χ1n) is 7.63. The first kappa shape index (κ1) is 20.0. The average Bonchev–Trinajstić information content (AvgIpc) is 2.98. The molecule has 1 aliphatic rings. The van der Waals surface area contributed by atoms with Gasteiger partial charge in [0.1, 0.15) is 4.90 Å². The third-order valence-electron chi connectivity index (χ3n) is 3.90. The van der Waals surface area contributed by atoms with Crippen LogP contribution in [0.3, 0.4) is 0 Å². The lowest BCUT2D eigenvalue weighted by atomic mass is 10.2. The van der Waals surface area contributed by atoms with E-state index in [1.807, 2.05) is 0 Å². The van der Waals surface area contributed by atoms with E-state index < -0.39 is 32.9 Å². The van der Waals surface area contributed by atoms with E-state index in [0.717, 1.165) is 37.8 Å². The first-order valence-corrected chi connectivity index (χ1v) is 9.93. The van der Waals surface area contributed by atoms with Gasteiger partial charge in [-0.25, -0.2) is 18.4 Å². The van der Waals surface area contributed by atoms with E-state index in [4.69, 9.17) is 33.1 Å². The Morgan fingerprint density at radius 1 is 1.24 bits per heavy atom. The summed E-state index contributed by atoms with van der Waals surface area (Å²) in [6, 6.07) is 2.11. The molecule has 0 radical (unpaired) electrons. The monoisotopic (exact) mass is 408 g/mol. The SMILES string of the molecule is C[C@@H](OC(=O)c1cc(S(N)(=O)=O)c(Cl)cc1Cl)C(=O)NC1CCCC1. The molecular weight excluding hydrogens is 391 g/mol. The number of rotatable bonds is 5. The van der Waals surface area contributed by atoms with E-state index in [2.05, 4.69) is 5.32 Å². The zero-order valence-electron chi connectivity index (χ0n) is 13.4. The zero-order valence-corrected chi connectivity index (χ0v) is 15.7. The van der Waals surface area contributed by atoms with Crippen LogP contribution in [-0.4, -0.2) is 32.4 Å². The topological polar surface area (TPSA) is 116 Å². The van der Waals surface area contributed by atoms with Gasteiger partial charge in [0.15, 0.2) is 6.10 Å². The number of esters is 1. The maximum atomic E-state index is 12.2. The minimum absolute atomic E-state index is 0.0850. The van der Waals surface area contributed by atoms with Gasteiger partial charge in [-0.05, 0) is 31.9 Å². The first-order chi connectivity index (χ1) is 11.6. The van der Waals surface area contributed by atoms with Crippen LogP contribution in [0.2, 0.25) is 10.0 Å². The molecule has 1 atom stereocenters. The van der Waals surface area contributed by atoms with Crippen LogP contribution in [0.15, 0.2) is 17.0 Å². The van der Waals surface area contributed by atoms with Gasteiger partial charge in [0.2, 0.25) is 10.0 Å². The number of carbonyl (C=O) groups is 2. The molecular formula is C15H18Cl2N2O5S. The summed E-state index contributed by atoms with van der Waals surface area (Å²) in [7, 11) is -4.14. The van der Waals surface area contributed by atoms with Crippen LogP contribution in [-0.2, 0) is 19.6 Å². The third-order valence-corrected chi connectivity index (χ3v) is 5.59. The molecule has 0 unspecified atom stereocenters. The van der Waals surface area contributed by atoms with Crippen molar-refractivity contribution in [2.75, 3.05) is 0 Å². The number of ether oxygens (including phenoxy) is 1. The maximum Gasteiger partial charge on any atom is 0.340 e. The molecule has 0 bridgehead atoms. The molecule has 10 heteroatoms. The smallest absolute Gasteiger partial charge is 0.340 e. The Morgan fingerprint density at radius 3 is 2.40 bits per heavy atom. The highest BCUT2D eigenvalue weighted by Crippen LogP contribution is 2.28. The zero-order chi connectivity index (χ0) is 18.8. The second-order valence-electron chi connectivity index (χ2n) is 5.84. The summed E-state index contributed by atoms with van der Waals surface area (Å²) in [6.07, 6.45) is 2.84. The van der Waals surface area contributed by atoms with Crippen molar-refractivity contribution in [3.8, 4) is 0 Å². The summed E-state index contributed by atoms with van der Waals surface area (Å²) >= 11 is 11.7. The molecule has 0 spiro atoms. The van der Waals surface area contributed by atoms with Gasteiger partial charge in [-0.2, -0.15) is 0 Å². The minimum atomic E-state index is -4.14. The normalized spacial score (nSPS) is 16.5. The summed E-state index contributed by atoms with van der Waals surface area (Å²) in [6.45, 7) is 1.42. The van der Waals surface area contributed by atoms with Crippen LogP contribution in [0.5, 0.6) is 0 Å². The quantitative estimate of drug-likeness (QED) is 0.724. The fraction of sp³-hybridized carbons (Fsp3) is 0.467. The predicted molar refractivity (Wildman–Crippen MR) is 93.1 cm³/mol. The van der Waals surface area contributed by atoms with E-state index in [1.54, 1.807) is 0 Å². The van der Waals surface area contributed by atoms with E-state index in [-0.39, 0.29) is 21.7 Å². The summed E-state index contributed by atoms with van der Waals surface area (Å²) in [5, 5.41) is 7.54. The van der Waals surface area contributed by atoms with Crippen molar-refractivity contribution < 1.29 is 22.7 Å². The minimum Gasteiger partial charge on any atom is -0.449 e. The van der Waals surface area contributed by atoms with Gasteiger partial charge in [0.05, 0.1) is 15.6 Å². The second kappa shape index (κ2) is 7.90. The number of halogens is 2. The molecule has 0 heterocycles. The van der Waals surface area contributed by atoms with Crippen LogP contribution in [0.1, 0.15) is 43.0 Å². The van der Waals surface area contributed by atoms with E-state index in [0.29, 0.717) is 0 Å². The molecule has 25 heavy (non-hydrogen) atoms. The third kappa shape index (κ3) is 5.07. The highest BCUT2D eigenvalue weighted by Gasteiger charge is 2.26. The molecule has 1 aromatic rings. The highest BCUT2D eigenvalue weighted by molar-refractivity contribution is 7.89. The van der Waals surface area contributed by atoms with Crippen molar-refractivity contribution in [1.82, 2.24) is 5.32 Å². The van der Waals surface area contributed by atoms with E-state index in [1.165, 1.54) is 6.92 Å². The largest absolute Gasteiger partial charge is 0.449 e. The van der Waals surface area contributed by atoms with Gasteiger partial charge in [-0.15, -0.1) is 0 Å². The standard InChI is InChI=1S/C15H18Cl2N2O5S/c1-8(14(20)19-9-4-2-3-5-9)24-15(21)10-6-13(25(18,22)23)12(17)7-11(10)16/h6-9H,2-5H2,1H3,(H,19,20)(H2,18,22,23)/t8-/m1/s1. The molecule has 1 saturated carbocycles. The van der Waals surface area contributed by atoms with Crippen LogP contribution in [0.4, 0.5) is 0 Å². The Morgan fingerprint density at radius 2 is 1.84 bits per heavy atom. The van der Waals surface area contributed by atoms with Gasteiger partial charge in [-0.3, -0.25) is 4.79 Å². The number of nitrogens with two attached hydrogens (primary N) is 1.